The highest BCUT2D eigenvalue weighted by Gasteiger charge is 2.04. The molecule has 2 rings (SSSR count). The van der Waals surface area contributed by atoms with Gasteiger partial charge in [-0.15, -0.1) is 0 Å². The first-order valence-electron chi connectivity index (χ1n) is 4.71. The molecule has 0 saturated carbocycles. The molecule has 0 aliphatic heterocycles. The summed E-state index contributed by atoms with van der Waals surface area (Å²) in [6, 6.07) is 7.78. The molecule has 1 heterocycles. The molecule has 1 aromatic heterocycles. The summed E-state index contributed by atoms with van der Waals surface area (Å²) in [6.45, 7) is 1.82. The molecule has 82 valence electrons. The number of hydrogen-bond acceptors (Lipinski definition) is 3. The highest BCUT2D eigenvalue weighted by molar-refractivity contribution is 7.80. The van der Waals surface area contributed by atoms with Crippen molar-refractivity contribution in [3.05, 3.63) is 30.1 Å². The zero-order valence-electron chi connectivity index (χ0n) is 8.69. The molecule has 0 amide bonds. The molecule has 4 N–H and O–H groups in total. The summed E-state index contributed by atoms with van der Waals surface area (Å²) >= 11 is 4.66. The van der Waals surface area contributed by atoms with Gasteiger partial charge in [0, 0.05) is 0 Å². The summed E-state index contributed by atoms with van der Waals surface area (Å²) in [6.07, 6.45) is 0. The van der Waals surface area contributed by atoms with E-state index in [1.54, 1.807) is 0 Å². The molecule has 16 heavy (non-hydrogen) atoms. The first kappa shape index (κ1) is 10.6. The minimum atomic E-state index is 0.135. The van der Waals surface area contributed by atoms with E-state index in [-0.39, 0.29) is 5.11 Å². The zero-order valence-corrected chi connectivity index (χ0v) is 9.51. The van der Waals surface area contributed by atoms with Gasteiger partial charge in [0.15, 0.2) is 10.9 Å². The van der Waals surface area contributed by atoms with Crippen molar-refractivity contribution >= 4 is 34.1 Å². The number of aromatic nitrogens is 2. The molecule has 0 atom stereocenters. The van der Waals surface area contributed by atoms with E-state index in [1.807, 2.05) is 31.2 Å². The van der Waals surface area contributed by atoms with Gasteiger partial charge in [0.25, 0.3) is 0 Å². The van der Waals surface area contributed by atoms with Gasteiger partial charge < -0.3 is 10.7 Å². The minimum Gasteiger partial charge on any atom is -0.375 e. The van der Waals surface area contributed by atoms with Crippen LogP contribution in [0.3, 0.4) is 0 Å². The van der Waals surface area contributed by atoms with Gasteiger partial charge in [-0.25, -0.2) is 4.98 Å². The van der Waals surface area contributed by atoms with E-state index < -0.39 is 0 Å². The predicted octanol–water partition coefficient (Wildman–Crippen LogP) is 1.12. The number of nitrogens with one attached hydrogen (secondary N) is 2. The zero-order chi connectivity index (χ0) is 11.5. The van der Waals surface area contributed by atoms with E-state index in [1.165, 1.54) is 0 Å². The van der Waals surface area contributed by atoms with Gasteiger partial charge in [0.1, 0.15) is 5.71 Å². The van der Waals surface area contributed by atoms with E-state index in [4.69, 9.17) is 5.73 Å². The van der Waals surface area contributed by atoms with Crippen LogP contribution >= 0.6 is 12.2 Å². The van der Waals surface area contributed by atoms with Crippen molar-refractivity contribution in [3.63, 3.8) is 0 Å². The fraction of sp³-hybridized carbons (Fsp3) is 0.100. The number of benzene rings is 1. The highest BCUT2D eigenvalue weighted by atomic mass is 32.1. The Bertz CT molecular complexity index is 524. The number of thiocarbonyl (C=S) groups is 1. The molecule has 0 fully saturated rings. The van der Waals surface area contributed by atoms with Crippen LogP contribution in [0.1, 0.15) is 12.7 Å². The van der Waals surface area contributed by atoms with Gasteiger partial charge in [-0.3, -0.25) is 5.43 Å². The molecule has 0 spiro atoms. The first-order chi connectivity index (χ1) is 7.66. The number of hydrogen-bond donors (Lipinski definition) is 3. The number of H-pyrrole nitrogens is 1. The van der Waals surface area contributed by atoms with Crippen LogP contribution in [0.25, 0.3) is 11.0 Å². The number of aromatic amines is 1. The van der Waals surface area contributed by atoms with Crippen molar-refractivity contribution in [2.45, 2.75) is 6.92 Å². The number of imidazole rings is 1. The average Bonchev–Trinajstić information content (AvgIpc) is 2.69. The molecule has 0 unspecified atom stereocenters. The number of hydrazone groups is 1. The number of rotatable bonds is 2. The van der Waals surface area contributed by atoms with Crippen molar-refractivity contribution in [2.75, 3.05) is 0 Å². The van der Waals surface area contributed by atoms with Gasteiger partial charge in [-0.2, -0.15) is 5.10 Å². The lowest BCUT2D eigenvalue weighted by molar-refractivity contribution is 1.02. The Morgan fingerprint density at radius 3 is 2.94 bits per heavy atom. The summed E-state index contributed by atoms with van der Waals surface area (Å²) in [5.74, 6) is 0.699. The summed E-state index contributed by atoms with van der Waals surface area (Å²) in [4.78, 5) is 7.53. The highest BCUT2D eigenvalue weighted by Crippen LogP contribution is 2.10. The number of nitrogens with two attached hydrogens (primary N) is 1. The second-order valence-electron chi connectivity index (χ2n) is 3.28. The average molecular weight is 233 g/mol. The fourth-order valence-electron chi connectivity index (χ4n) is 1.32. The molecule has 0 saturated heterocycles. The van der Waals surface area contributed by atoms with Crippen LogP contribution in [0, 0.1) is 0 Å². The van der Waals surface area contributed by atoms with Gasteiger partial charge in [0.2, 0.25) is 0 Å². The Morgan fingerprint density at radius 1 is 1.50 bits per heavy atom. The number of nitrogens with zero attached hydrogens (tertiary/aromatic N) is 2. The van der Waals surface area contributed by atoms with Crippen LogP contribution in [-0.4, -0.2) is 20.8 Å². The Balaban J connectivity index is 2.33. The summed E-state index contributed by atoms with van der Waals surface area (Å²) in [7, 11) is 0. The lowest BCUT2D eigenvalue weighted by Crippen LogP contribution is -2.25. The van der Waals surface area contributed by atoms with Crippen LogP contribution in [0.15, 0.2) is 29.4 Å². The first-order valence-corrected chi connectivity index (χ1v) is 5.12. The quantitative estimate of drug-likeness (QED) is 0.412. The van der Waals surface area contributed by atoms with Crippen LogP contribution in [0.5, 0.6) is 0 Å². The van der Waals surface area contributed by atoms with Crippen molar-refractivity contribution in [3.8, 4) is 0 Å². The fourth-order valence-corrected chi connectivity index (χ4v) is 1.36. The summed E-state index contributed by atoms with van der Waals surface area (Å²) < 4.78 is 0. The van der Waals surface area contributed by atoms with E-state index in [9.17, 15) is 0 Å². The second-order valence-corrected chi connectivity index (χ2v) is 3.72. The van der Waals surface area contributed by atoms with Crippen molar-refractivity contribution in [1.29, 1.82) is 0 Å². The molecule has 0 aliphatic carbocycles. The Hall–Kier alpha value is -1.95. The monoisotopic (exact) mass is 233 g/mol. The second kappa shape index (κ2) is 4.28. The van der Waals surface area contributed by atoms with E-state index in [2.05, 4.69) is 32.7 Å². The number of para-hydroxylation sites is 2. The topological polar surface area (TPSA) is 79.1 Å². The Labute approximate surface area is 97.8 Å². The molecule has 1 aromatic carbocycles. The Morgan fingerprint density at radius 2 is 2.25 bits per heavy atom. The van der Waals surface area contributed by atoms with E-state index in [0.717, 1.165) is 11.0 Å². The molecular formula is C10H11N5S. The normalized spacial score (nSPS) is 11.7. The lowest BCUT2D eigenvalue weighted by atomic mass is 10.3. The third-order valence-electron chi connectivity index (χ3n) is 2.07. The van der Waals surface area contributed by atoms with Gasteiger partial charge in [-0.1, -0.05) is 12.1 Å². The summed E-state index contributed by atoms with van der Waals surface area (Å²) in [5.41, 5.74) is 10.4. The van der Waals surface area contributed by atoms with Gasteiger partial charge in [0.05, 0.1) is 11.0 Å². The molecule has 5 nitrogen and oxygen atoms in total. The van der Waals surface area contributed by atoms with Crippen molar-refractivity contribution in [1.82, 2.24) is 15.4 Å². The maximum atomic E-state index is 5.28. The Kier molecular flexibility index (Phi) is 2.82. The number of fused-ring (bicyclic) bond motifs is 1. The van der Waals surface area contributed by atoms with Crippen molar-refractivity contribution in [2.24, 2.45) is 10.8 Å². The molecule has 6 heteroatoms. The molecule has 2 aromatic rings. The van der Waals surface area contributed by atoms with Crippen molar-refractivity contribution < 1.29 is 0 Å². The lowest BCUT2D eigenvalue weighted by Gasteiger charge is -1.97. The maximum absolute atomic E-state index is 5.28. The SMILES string of the molecule is CC(=NNC(N)=S)c1nc2ccccc2[nH]1. The molecule has 0 bridgehead atoms. The van der Waals surface area contributed by atoms with E-state index in [0.29, 0.717) is 11.5 Å². The largest absolute Gasteiger partial charge is 0.375 e. The molecular weight excluding hydrogens is 222 g/mol. The maximum Gasteiger partial charge on any atom is 0.184 e. The smallest absolute Gasteiger partial charge is 0.184 e. The summed E-state index contributed by atoms with van der Waals surface area (Å²) in [5, 5.41) is 4.13. The third-order valence-corrected chi connectivity index (χ3v) is 2.16. The molecule has 0 aliphatic rings. The van der Waals surface area contributed by atoms with Crippen LogP contribution in [-0.2, 0) is 0 Å². The standard InChI is InChI=1S/C10H11N5S/c1-6(14-15-10(11)16)9-12-7-4-2-3-5-8(7)13-9/h2-5H,1H3,(H,12,13)(H3,11,15,16). The minimum absolute atomic E-state index is 0.135. The van der Waals surface area contributed by atoms with Gasteiger partial charge >= 0.3 is 0 Å². The van der Waals surface area contributed by atoms with Gasteiger partial charge in [-0.05, 0) is 31.3 Å². The molecule has 0 radical (unpaired) electrons. The van der Waals surface area contributed by atoms with E-state index >= 15 is 0 Å². The van der Waals surface area contributed by atoms with Crippen LogP contribution in [0.2, 0.25) is 0 Å². The van der Waals surface area contributed by atoms with Crippen LogP contribution < -0.4 is 11.2 Å². The predicted molar refractivity (Wildman–Crippen MR) is 68.2 cm³/mol. The van der Waals surface area contributed by atoms with Crippen LogP contribution in [0.4, 0.5) is 0 Å². The third kappa shape index (κ3) is 2.17.